The molecule has 0 saturated carbocycles. The molecule has 16 heavy (non-hydrogen) atoms. The molecule has 1 heterocycles. The first-order chi connectivity index (χ1) is 7.79. The van der Waals surface area contributed by atoms with Crippen LogP contribution >= 0.6 is 23.3 Å². The predicted octanol–water partition coefficient (Wildman–Crippen LogP) is 2.42. The number of rotatable bonds is 4. The van der Waals surface area contributed by atoms with Gasteiger partial charge in [0.05, 0.1) is 7.11 Å². The fraction of sp³-hybridized carbons (Fsp3) is 0.200. The lowest BCUT2D eigenvalue weighted by Crippen LogP contribution is -1.88. The van der Waals surface area contributed by atoms with E-state index >= 15 is 0 Å². The molecule has 0 aliphatic heterocycles. The van der Waals surface area contributed by atoms with Gasteiger partial charge in [0.1, 0.15) is 16.4 Å². The monoisotopic (exact) mass is 253 g/mol. The summed E-state index contributed by atoms with van der Waals surface area (Å²) in [4.78, 5) is 1.16. The smallest absolute Gasteiger partial charge is 0.131 e. The highest BCUT2D eigenvalue weighted by Gasteiger charge is 2.04. The van der Waals surface area contributed by atoms with Crippen LogP contribution in [0.2, 0.25) is 0 Å². The number of benzene rings is 1. The number of hydrogen-bond donors (Lipinski definition) is 1. The molecule has 2 N–H and O–H groups in total. The number of methoxy groups -OCH3 is 1. The third kappa shape index (κ3) is 2.65. The molecule has 0 spiro atoms. The number of aromatic nitrogens is 2. The van der Waals surface area contributed by atoms with E-state index in [9.17, 15) is 0 Å². The van der Waals surface area contributed by atoms with E-state index < -0.39 is 0 Å². The van der Waals surface area contributed by atoms with Crippen molar-refractivity contribution in [2.24, 2.45) is 0 Å². The highest BCUT2D eigenvalue weighted by atomic mass is 32.2. The van der Waals surface area contributed by atoms with Crippen molar-refractivity contribution in [3.05, 3.63) is 30.0 Å². The van der Waals surface area contributed by atoms with Gasteiger partial charge in [0, 0.05) is 22.2 Å². The van der Waals surface area contributed by atoms with E-state index in [4.69, 9.17) is 10.5 Å². The zero-order valence-electron chi connectivity index (χ0n) is 8.71. The number of ether oxygens (including phenoxy) is 1. The van der Waals surface area contributed by atoms with Crippen molar-refractivity contribution in [1.82, 2.24) is 9.59 Å². The highest BCUT2D eigenvalue weighted by molar-refractivity contribution is 7.98. The summed E-state index contributed by atoms with van der Waals surface area (Å²) in [6.07, 6.45) is 0. The number of nitrogens with two attached hydrogens (primary N) is 1. The van der Waals surface area contributed by atoms with Gasteiger partial charge < -0.3 is 10.5 Å². The van der Waals surface area contributed by atoms with Gasteiger partial charge in [-0.25, -0.2) is 0 Å². The minimum atomic E-state index is 0.695. The van der Waals surface area contributed by atoms with E-state index in [1.165, 1.54) is 11.5 Å². The minimum absolute atomic E-state index is 0.695. The molecule has 0 aliphatic carbocycles. The first-order valence-electron chi connectivity index (χ1n) is 4.63. The van der Waals surface area contributed by atoms with Crippen molar-refractivity contribution < 1.29 is 4.74 Å². The summed E-state index contributed by atoms with van der Waals surface area (Å²) in [5.74, 6) is 1.61. The summed E-state index contributed by atoms with van der Waals surface area (Å²) in [6, 6.07) is 7.90. The van der Waals surface area contributed by atoms with Crippen LogP contribution < -0.4 is 10.5 Å². The Morgan fingerprint density at radius 1 is 1.38 bits per heavy atom. The molecule has 4 nitrogen and oxygen atoms in total. The highest BCUT2D eigenvalue weighted by Crippen LogP contribution is 2.26. The van der Waals surface area contributed by atoms with Crippen LogP contribution in [0.25, 0.3) is 0 Å². The second kappa shape index (κ2) is 5.18. The van der Waals surface area contributed by atoms with E-state index in [1.54, 1.807) is 18.9 Å². The van der Waals surface area contributed by atoms with E-state index in [0.29, 0.717) is 5.00 Å². The van der Waals surface area contributed by atoms with Crippen LogP contribution in [0.3, 0.4) is 0 Å². The molecule has 0 aliphatic rings. The Morgan fingerprint density at radius 2 is 2.12 bits per heavy atom. The van der Waals surface area contributed by atoms with Gasteiger partial charge in [0.15, 0.2) is 0 Å². The van der Waals surface area contributed by atoms with Crippen LogP contribution in [-0.2, 0) is 5.75 Å². The molecule has 6 heteroatoms. The van der Waals surface area contributed by atoms with Gasteiger partial charge in [-0.1, -0.05) is 4.49 Å². The normalized spacial score (nSPS) is 10.3. The maximum atomic E-state index is 5.71. The van der Waals surface area contributed by atoms with Crippen LogP contribution in [0.1, 0.15) is 5.69 Å². The summed E-state index contributed by atoms with van der Waals surface area (Å²) in [5, 5.41) is 4.66. The molecular formula is C10H11N3OS2. The zero-order valence-corrected chi connectivity index (χ0v) is 10.3. The number of thioether (sulfide) groups is 1. The molecule has 1 aromatic carbocycles. The van der Waals surface area contributed by atoms with Crippen molar-refractivity contribution >= 4 is 28.3 Å². The van der Waals surface area contributed by atoms with Crippen LogP contribution in [0.5, 0.6) is 5.75 Å². The fourth-order valence-corrected chi connectivity index (χ4v) is 2.52. The third-order valence-corrected chi connectivity index (χ3v) is 3.64. The average Bonchev–Trinajstić information content (AvgIpc) is 2.73. The standard InChI is InChI=1S/C10H11N3OS2/c1-14-7-2-4-8(5-3-7)15-6-9-10(11)16-13-12-9/h2-5H,6,11H2,1H3. The van der Waals surface area contributed by atoms with E-state index in [2.05, 4.69) is 9.59 Å². The van der Waals surface area contributed by atoms with Gasteiger partial charge >= 0.3 is 0 Å². The lowest BCUT2D eigenvalue weighted by molar-refractivity contribution is 0.414. The zero-order chi connectivity index (χ0) is 11.4. The minimum Gasteiger partial charge on any atom is -0.497 e. The molecule has 2 aromatic rings. The van der Waals surface area contributed by atoms with Crippen LogP contribution in [0, 0.1) is 0 Å². The van der Waals surface area contributed by atoms with Crippen LogP contribution in [-0.4, -0.2) is 16.7 Å². The Labute approximate surface area is 102 Å². The lowest BCUT2D eigenvalue weighted by atomic mass is 10.3. The third-order valence-electron chi connectivity index (χ3n) is 2.02. The maximum absolute atomic E-state index is 5.71. The summed E-state index contributed by atoms with van der Waals surface area (Å²) >= 11 is 2.91. The van der Waals surface area contributed by atoms with E-state index in [-0.39, 0.29) is 0 Å². The number of anilines is 1. The van der Waals surface area contributed by atoms with Gasteiger partial charge in [-0.2, -0.15) is 0 Å². The number of nitrogens with zero attached hydrogens (tertiary/aromatic N) is 2. The first-order valence-corrected chi connectivity index (χ1v) is 6.39. The fourth-order valence-electron chi connectivity index (χ4n) is 1.14. The van der Waals surface area contributed by atoms with Crippen molar-refractivity contribution in [2.45, 2.75) is 10.6 Å². The Morgan fingerprint density at radius 3 is 2.69 bits per heavy atom. The SMILES string of the molecule is COc1ccc(SCc2nnsc2N)cc1. The number of hydrogen-bond acceptors (Lipinski definition) is 6. The molecule has 0 fully saturated rings. The largest absolute Gasteiger partial charge is 0.497 e. The molecule has 0 atom stereocenters. The summed E-state index contributed by atoms with van der Waals surface area (Å²) in [6.45, 7) is 0. The van der Waals surface area contributed by atoms with Crippen LogP contribution in [0.15, 0.2) is 29.2 Å². The molecule has 0 amide bonds. The second-order valence-corrected chi connectivity index (χ2v) is 4.88. The topological polar surface area (TPSA) is 61.0 Å². The Balaban J connectivity index is 1.97. The molecule has 0 radical (unpaired) electrons. The van der Waals surface area contributed by atoms with Gasteiger partial charge in [-0.3, -0.25) is 0 Å². The van der Waals surface area contributed by atoms with Gasteiger partial charge in [-0.05, 0) is 24.3 Å². The van der Waals surface area contributed by atoms with Crippen molar-refractivity contribution in [3.8, 4) is 5.75 Å². The molecule has 0 saturated heterocycles. The van der Waals surface area contributed by atoms with E-state index in [0.717, 1.165) is 22.1 Å². The Hall–Kier alpha value is -1.27. The molecule has 84 valence electrons. The van der Waals surface area contributed by atoms with Gasteiger partial charge in [0.25, 0.3) is 0 Å². The lowest BCUT2D eigenvalue weighted by Gasteiger charge is -2.02. The van der Waals surface area contributed by atoms with Crippen molar-refractivity contribution in [3.63, 3.8) is 0 Å². The average molecular weight is 253 g/mol. The maximum Gasteiger partial charge on any atom is 0.131 e. The number of nitrogen functional groups attached to an aromatic ring is 1. The Kier molecular flexibility index (Phi) is 3.63. The van der Waals surface area contributed by atoms with Crippen molar-refractivity contribution in [2.75, 3.05) is 12.8 Å². The predicted molar refractivity (Wildman–Crippen MR) is 66.9 cm³/mol. The second-order valence-electron chi connectivity index (χ2n) is 3.05. The molecule has 2 rings (SSSR count). The quantitative estimate of drug-likeness (QED) is 0.848. The summed E-state index contributed by atoms with van der Waals surface area (Å²) in [7, 11) is 1.66. The molecule has 1 aromatic heterocycles. The van der Waals surface area contributed by atoms with E-state index in [1.807, 2.05) is 24.3 Å². The van der Waals surface area contributed by atoms with Gasteiger partial charge in [-0.15, -0.1) is 16.9 Å². The van der Waals surface area contributed by atoms with Crippen LogP contribution in [0.4, 0.5) is 5.00 Å². The summed E-state index contributed by atoms with van der Waals surface area (Å²) in [5.41, 5.74) is 6.56. The van der Waals surface area contributed by atoms with Gasteiger partial charge in [0.2, 0.25) is 0 Å². The Bertz CT molecular complexity index is 455. The molecular weight excluding hydrogens is 242 g/mol. The summed E-state index contributed by atoms with van der Waals surface area (Å²) < 4.78 is 8.88. The molecule has 0 unspecified atom stereocenters. The van der Waals surface area contributed by atoms with Crippen molar-refractivity contribution in [1.29, 1.82) is 0 Å². The molecule has 0 bridgehead atoms. The first kappa shape index (κ1) is 11.2.